The van der Waals surface area contributed by atoms with Crippen LogP contribution in [-0.4, -0.2) is 23.3 Å². The SMILES string of the molecule is CCCOC(=O)CCC(=O)c1cccnc1. The Labute approximate surface area is 94.6 Å². The van der Waals surface area contributed by atoms with Gasteiger partial charge < -0.3 is 4.74 Å². The summed E-state index contributed by atoms with van der Waals surface area (Å²) in [6, 6.07) is 3.38. The normalized spacial score (nSPS) is 9.81. The van der Waals surface area contributed by atoms with Crippen LogP contribution in [0.15, 0.2) is 24.5 Å². The van der Waals surface area contributed by atoms with Crippen LogP contribution in [0.4, 0.5) is 0 Å². The van der Waals surface area contributed by atoms with Gasteiger partial charge in [-0.3, -0.25) is 14.6 Å². The summed E-state index contributed by atoms with van der Waals surface area (Å²) < 4.78 is 4.87. The number of ether oxygens (including phenoxy) is 1. The van der Waals surface area contributed by atoms with Gasteiger partial charge in [0.1, 0.15) is 0 Å². The fourth-order valence-electron chi connectivity index (χ4n) is 1.18. The summed E-state index contributed by atoms with van der Waals surface area (Å²) in [5, 5.41) is 0. The topological polar surface area (TPSA) is 56.3 Å². The number of nitrogens with zero attached hydrogens (tertiary/aromatic N) is 1. The maximum Gasteiger partial charge on any atom is 0.306 e. The Balaban J connectivity index is 2.33. The minimum absolute atomic E-state index is 0.0819. The molecule has 0 N–H and O–H groups in total. The van der Waals surface area contributed by atoms with Crippen LogP contribution >= 0.6 is 0 Å². The quantitative estimate of drug-likeness (QED) is 0.544. The number of ketones is 1. The van der Waals surface area contributed by atoms with Crippen molar-refractivity contribution in [3.05, 3.63) is 30.1 Å². The third-order valence-electron chi connectivity index (χ3n) is 2.01. The van der Waals surface area contributed by atoms with Crippen molar-refractivity contribution in [1.29, 1.82) is 0 Å². The van der Waals surface area contributed by atoms with Crippen LogP contribution in [-0.2, 0) is 9.53 Å². The van der Waals surface area contributed by atoms with E-state index < -0.39 is 0 Å². The van der Waals surface area contributed by atoms with E-state index in [1.54, 1.807) is 18.3 Å². The van der Waals surface area contributed by atoms with Gasteiger partial charge in [-0.25, -0.2) is 0 Å². The summed E-state index contributed by atoms with van der Waals surface area (Å²) in [4.78, 5) is 26.6. The van der Waals surface area contributed by atoms with E-state index in [2.05, 4.69) is 4.98 Å². The Morgan fingerprint density at radius 3 is 2.81 bits per heavy atom. The molecule has 0 atom stereocenters. The van der Waals surface area contributed by atoms with E-state index in [0.29, 0.717) is 12.2 Å². The van der Waals surface area contributed by atoms with E-state index in [1.807, 2.05) is 6.92 Å². The Hall–Kier alpha value is -1.71. The van der Waals surface area contributed by atoms with Crippen molar-refractivity contribution < 1.29 is 14.3 Å². The van der Waals surface area contributed by atoms with E-state index in [1.165, 1.54) is 6.20 Å². The van der Waals surface area contributed by atoms with Crippen molar-refractivity contribution in [2.75, 3.05) is 6.61 Å². The minimum atomic E-state index is -0.320. The van der Waals surface area contributed by atoms with Crippen LogP contribution in [0.3, 0.4) is 0 Å². The standard InChI is InChI=1S/C12H15NO3/c1-2-8-16-12(15)6-5-11(14)10-4-3-7-13-9-10/h3-4,7,9H,2,5-6,8H2,1H3. The molecule has 1 heterocycles. The second-order valence-electron chi connectivity index (χ2n) is 3.39. The number of carbonyl (C=O) groups is 2. The van der Waals surface area contributed by atoms with Crippen molar-refractivity contribution in [1.82, 2.24) is 4.98 Å². The number of hydrogen-bond acceptors (Lipinski definition) is 4. The molecule has 0 fully saturated rings. The van der Waals surface area contributed by atoms with Gasteiger partial charge in [0.15, 0.2) is 5.78 Å². The third-order valence-corrected chi connectivity index (χ3v) is 2.01. The van der Waals surface area contributed by atoms with Gasteiger partial charge in [0, 0.05) is 24.4 Å². The van der Waals surface area contributed by atoms with Gasteiger partial charge in [0.25, 0.3) is 0 Å². The molecule has 86 valence electrons. The number of rotatable bonds is 6. The number of hydrogen-bond donors (Lipinski definition) is 0. The highest BCUT2D eigenvalue weighted by Gasteiger charge is 2.09. The van der Waals surface area contributed by atoms with Crippen LogP contribution in [0.25, 0.3) is 0 Å². The van der Waals surface area contributed by atoms with Gasteiger partial charge >= 0.3 is 5.97 Å². The number of pyridine rings is 1. The van der Waals surface area contributed by atoms with E-state index in [-0.39, 0.29) is 24.6 Å². The summed E-state index contributed by atoms with van der Waals surface area (Å²) in [7, 11) is 0. The number of carbonyl (C=O) groups excluding carboxylic acids is 2. The third kappa shape index (κ3) is 4.21. The first-order valence-electron chi connectivity index (χ1n) is 5.33. The number of esters is 1. The first-order valence-corrected chi connectivity index (χ1v) is 5.33. The molecule has 4 heteroatoms. The molecule has 0 amide bonds. The Morgan fingerprint density at radius 2 is 2.19 bits per heavy atom. The molecular weight excluding hydrogens is 206 g/mol. The molecule has 0 aliphatic heterocycles. The monoisotopic (exact) mass is 221 g/mol. The Morgan fingerprint density at radius 1 is 1.38 bits per heavy atom. The molecule has 0 saturated carbocycles. The Kier molecular flexibility index (Phi) is 5.19. The summed E-state index contributed by atoms with van der Waals surface area (Å²) in [5.74, 6) is -0.402. The van der Waals surface area contributed by atoms with E-state index in [4.69, 9.17) is 4.74 Å². The maximum absolute atomic E-state index is 11.6. The van der Waals surface area contributed by atoms with E-state index >= 15 is 0 Å². The Bertz CT molecular complexity index is 349. The molecule has 0 bridgehead atoms. The summed E-state index contributed by atoms with van der Waals surface area (Å²) in [6.45, 7) is 2.34. The molecule has 1 aromatic rings. The number of Topliss-reactive ketones (excluding diaryl/α,β-unsaturated/α-hetero) is 1. The van der Waals surface area contributed by atoms with Crippen LogP contribution in [0.1, 0.15) is 36.5 Å². The first kappa shape index (κ1) is 12.4. The zero-order valence-electron chi connectivity index (χ0n) is 9.31. The second-order valence-corrected chi connectivity index (χ2v) is 3.39. The highest BCUT2D eigenvalue weighted by molar-refractivity contribution is 5.97. The lowest BCUT2D eigenvalue weighted by Gasteiger charge is -2.02. The average molecular weight is 221 g/mol. The van der Waals surface area contributed by atoms with Crippen molar-refractivity contribution in [3.63, 3.8) is 0 Å². The van der Waals surface area contributed by atoms with Gasteiger partial charge in [0.05, 0.1) is 13.0 Å². The van der Waals surface area contributed by atoms with Crippen molar-refractivity contribution >= 4 is 11.8 Å². The van der Waals surface area contributed by atoms with E-state index in [0.717, 1.165) is 6.42 Å². The summed E-state index contributed by atoms with van der Waals surface area (Å²) in [6.07, 6.45) is 4.20. The lowest BCUT2D eigenvalue weighted by atomic mass is 10.1. The summed E-state index contributed by atoms with van der Waals surface area (Å²) in [5.41, 5.74) is 0.533. The molecule has 0 saturated heterocycles. The van der Waals surface area contributed by atoms with Crippen molar-refractivity contribution in [3.8, 4) is 0 Å². The van der Waals surface area contributed by atoms with Gasteiger partial charge in [-0.1, -0.05) is 6.92 Å². The smallest absolute Gasteiger partial charge is 0.306 e. The predicted molar refractivity (Wildman–Crippen MR) is 59.1 cm³/mol. The molecule has 0 unspecified atom stereocenters. The van der Waals surface area contributed by atoms with Crippen molar-refractivity contribution in [2.45, 2.75) is 26.2 Å². The highest BCUT2D eigenvalue weighted by atomic mass is 16.5. The molecule has 0 aromatic carbocycles. The molecule has 1 rings (SSSR count). The van der Waals surface area contributed by atoms with Crippen LogP contribution in [0, 0.1) is 0 Å². The summed E-state index contributed by atoms with van der Waals surface area (Å²) >= 11 is 0. The molecule has 0 aliphatic rings. The van der Waals surface area contributed by atoms with Crippen LogP contribution in [0.2, 0.25) is 0 Å². The molecular formula is C12H15NO3. The first-order chi connectivity index (χ1) is 7.74. The molecule has 0 radical (unpaired) electrons. The van der Waals surface area contributed by atoms with Crippen LogP contribution in [0.5, 0.6) is 0 Å². The van der Waals surface area contributed by atoms with E-state index in [9.17, 15) is 9.59 Å². The zero-order valence-corrected chi connectivity index (χ0v) is 9.31. The van der Waals surface area contributed by atoms with Crippen molar-refractivity contribution in [2.24, 2.45) is 0 Å². The molecule has 0 spiro atoms. The second kappa shape index (κ2) is 6.71. The van der Waals surface area contributed by atoms with Gasteiger partial charge in [0.2, 0.25) is 0 Å². The average Bonchev–Trinajstić information content (AvgIpc) is 2.34. The predicted octanol–water partition coefficient (Wildman–Crippen LogP) is 2.00. The van der Waals surface area contributed by atoms with Gasteiger partial charge in [-0.2, -0.15) is 0 Å². The largest absolute Gasteiger partial charge is 0.466 e. The van der Waals surface area contributed by atoms with Gasteiger partial charge in [-0.15, -0.1) is 0 Å². The highest BCUT2D eigenvalue weighted by Crippen LogP contribution is 2.04. The molecule has 1 aromatic heterocycles. The fraction of sp³-hybridized carbons (Fsp3) is 0.417. The lowest BCUT2D eigenvalue weighted by molar-refractivity contribution is -0.143. The molecule has 16 heavy (non-hydrogen) atoms. The zero-order chi connectivity index (χ0) is 11.8. The molecule has 4 nitrogen and oxygen atoms in total. The van der Waals surface area contributed by atoms with Crippen LogP contribution < -0.4 is 0 Å². The molecule has 0 aliphatic carbocycles. The fourth-order valence-corrected chi connectivity index (χ4v) is 1.18. The maximum atomic E-state index is 11.6. The van der Waals surface area contributed by atoms with Gasteiger partial charge in [-0.05, 0) is 18.6 Å². The minimum Gasteiger partial charge on any atom is -0.466 e. The lowest BCUT2D eigenvalue weighted by Crippen LogP contribution is -2.08. The number of aromatic nitrogens is 1.